The smallest absolute Gasteiger partial charge is 0.336 e. The van der Waals surface area contributed by atoms with Gasteiger partial charge in [0.25, 0.3) is 0 Å². The molecule has 3 aromatic rings. The molecule has 0 unspecified atom stereocenters. The third-order valence-corrected chi connectivity index (χ3v) is 7.38. The molecule has 6 rings (SSSR count). The molecule has 0 fully saturated rings. The monoisotopic (exact) mass is 523 g/mol. The minimum Gasteiger partial charge on any atom is -0.490 e. The SMILES string of the molecule is CC1=C(C(=O)OCCOc2ccccc2)[C@@H](c2ccc3c(c2)OCO3)C2=C(C[C@H](c3ccccc3)CC2=O)N1. The Balaban J connectivity index is 1.30. The highest BCUT2D eigenvalue weighted by molar-refractivity contribution is 6.04. The second kappa shape index (κ2) is 10.7. The van der Waals surface area contributed by atoms with Crippen LogP contribution in [0.1, 0.15) is 42.7 Å². The molecule has 0 spiro atoms. The van der Waals surface area contributed by atoms with E-state index in [2.05, 4.69) is 17.4 Å². The summed E-state index contributed by atoms with van der Waals surface area (Å²) in [5.74, 6) is 0.969. The fourth-order valence-corrected chi connectivity index (χ4v) is 5.58. The average Bonchev–Trinajstić information content (AvgIpc) is 3.43. The number of para-hydroxylation sites is 1. The van der Waals surface area contributed by atoms with E-state index in [4.69, 9.17) is 18.9 Å². The number of hydrogen-bond donors (Lipinski definition) is 1. The molecule has 0 bridgehead atoms. The summed E-state index contributed by atoms with van der Waals surface area (Å²) < 4.78 is 22.5. The zero-order valence-electron chi connectivity index (χ0n) is 21.6. The molecule has 3 aliphatic rings. The molecule has 1 N–H and O–H groups in total. The van der Waals surface area contributed by atoms with Crippen LogP contribution in [0.2, 0.25) is 0 Å². The molecular weight excluding hydrogens is 494 g/mol. The van der Waals surface area contributed by atoms with E-state index in [1.807, 2.05) is 73.7 Å². The lowest BCUT2D eigenvalue weighted by molar-refractivity contribution is -0.140. The van der Waals surface area contributed by atoms with Crippen LogP contribution in [0.5, 0.6) is 17.2 Å². The standard InChI is InChI=1S/C32H29NO6/c1-20-29(32(35)37-15-14-36-24-10-6-3-7-11-24)30(22-12-13-27-28(18-22)39-19-38-27)31-25(33-20)16-23(17-26(31)34)21-8-4-2-5-9-21/h2-13,18,23,30,33H,14-17,19H2,1H3/t23-,30+/m0/s1. The van der Waals surface area contributed by atoms with Gasteiger partial charge in [0.2, 0.25) is 6.79 Å². The number of fused-ring (bicyclic) bond motifs is 1. The van der Waals surface area contributed by atoms with E-state index in [1.54, 1.807) is 0 Å². The summed E-state index contributed by atoms with van der Waals surface area (Å²) in [6, 6.07) is 25.0. The van der Waals surface area contributed by atoms with Crippen molar-refractivity contribution in [3.05, 3.63) is 113 Å². The Labute approximate surface area is 227 Å². The van der Waals surface area contributed by atoms with Crippen molar-refractivity contribution in [1.82, 2.24) is 5.32 Å². The topological polar surface area (TPSA) is 83.1 Å². The first-order chi connectivity index (χ1) is 19.1. The first-order valence-electron chi connectivity index (χ1n) is 13.1. The van der Waals surface area contributed by atoms with Gasteiger partial charge in [-0.25, -0.2) is 4.79 Å². The predicted octanol–water partition coefficient (Wildman–Crippen LogP) is 5.40. The first kappa shape index (κ1) is 24.8. The number of ether oxygens (including phenoxy) is 4. The van der Waals surface area contributed by atoms with Gasteiger partial charge < -0.3 is 24.3 Å². The lowest BCUT2D eigenvalue weighted by atomic mass is 9.71. The van der Waals surface area contributed by atoms with Crippen molar-refractivity contribution in [3.8, 4) is 17.2 Å². The lowest BCUT2D eigenvalue weighted by Gasteiger charge is -2.36. The van der Waals surface area contributed by atoms with Crippen molar-refractivity contribution >= 4 is 11.8 Å². The van der Waals surface area contributed by atoms with Gasteiger partial charge in [-0.2, -0.15) is 0 Å². The molecule has 7 heteroatoms. The Kier molecular flexibility index (Phi) is 6.80. The van der Waals surface area contributed by atoms with Crippen molar-refractivity contribution in [2.45, 2.75) is 31.6 Å². The van der Waals surface area contributed by atoms with Crippen molar-refractivity contribution in [1.29, 1.82) is 0 Å². The molecule has 1 aliphatic carbocycles. The van der Waals surface area contributed by atoms with E-state index >= 15 is 0 Å². The quantitative estimate of drug-likeness (QED) is 0.328. The molecule has 0 aromatic heterocycles. The molecule has 7 nitrogen and oxygen atoms in total. The van der Waals surface area contributed by atoms with E-state index in [1.165, 1.54) is 0 Å². The van der Waals surface area contributed by atoms with Crippen LogP contribution in [0.25, 0.3) is 0 Å². The van der Waals surface area contributed by atoms with Crippen LogP contribution < -0.4 is 19.5 Å². The van der Waals surface area contributed by atoms with E-state index in [9.17, 15) is 9.59 Å². The number of rotatable bonds is 7. The summed E-state index contributed by atoms with van der Waals surface area (Å²) in [7, 11) is 0. The fourth-order valence-electron chi connectivity index (χ4n) is 5.58. The van der Waals surface area contributed by atoms with Crippen molar-refractivity contribution in [3.63, 3.8) is 0 Å². The minimum absolute atomic E-state index is 0.0190. The predicted molar refractivity (Wildman–Crippen MR) is 144 cm³/mol. The molecule has 0 saturated carbocycles. The molecule has 2 atom stereocenters. The molecule has 3 aromatic carbocycles. The lowest BCUT2D eigenvalue weighted by Crippen LogP contribution is -2.36. The maximum atomic E-state index is 13.8. The number of ketones is 1. The largest absolute Gasteiger partial charge is 0.490 e. The summed E-state index contributed by atoms with van der Waals surface area (Å²) in [5, 5.41) is 3.40. The van der Waals surface area contributed by atoms with Gasteiger partial charge in [0, 0.05) is 29.3 Å². The minimum atomic E-state index is -0.581. The van der Waals surface area contributed by atoms with E-state index in [0.29, 0.717) is 46.9 Å². The number of benzene rings is 3. The van der Waals surface area contributed by atoms with Crippen molar-refractivity contribution in [2.75, 3.05) is 20.0 Å². The van der Waals surface area contributed by atoms with E-state index in [0.717, 1.165) is 16.8 Å². The van der Waals surface area contributed by atoms with Crippen LogP contribution in [0, 0.1) is 0 Å². The van der Waals surface area contributed by atoms with Gasteiger partial charge in [-0.15, -0.1) is 0 Å². The zero-order valence-corrected chi connectivity index (χ0v) is 21.6. The zero-order chi connectivity index (χ0) is 26.8. The second-order valence-electron chi connectivity index (χ2n) is 9.84. The molecule has 0 saturated heterocycles. The Hall–Kier alpha value is -4.52. The molecule has 39 heavy (non-hydrogen) atoms. The van der Waals surface area contributed by atoms with Gasteiger partial charge in [-0.1, -0.05) is 54.6 Å². The summed E-state index contributed by atoms with van der Waals surface area (Å²) >= 11 is 0. The van der Waals surface area contributed by atoms with Gasteiger partial charge in [0.1, 0.15) is 19.0 Å². The van der Waals surface area contributed by atoms with Crippen LogP contribution in [-0.4, -0.2) is 31.8 Å². The van der Waals surface area contributed by atoms with Crippen molar-refractivity contribution < 1.29 is 28.5 Å². The summed E-state index contributed by atoms with van der Waals surface area (Å²) in [6.07, 6.45) is 1.05. The molecule has 198 valence electrons. The van der Waals surface area contributed by atoms with Gasteiger partial charge >= 0.3 is 5.97 Å². The van der Waals surface area contributed by atoms with Gasteiger partial charge in [0.15, 0.2) is 17.3 Å². The highest BCUT2D eigenvalue weighted by Gasteiger charge is 2.41. The Morgan fingerprint density at radius 3 is 2.44 bits per heavy atom. The van der Waals surface area contributed by atoms with Crippen LogP contribution >= 0.6 is 0 Å². The third-order valence-electron chi connectivity index (χ3n) is 7.38. The van der Waals surface area contributed by atoms with Crippen LogP contribution in [-0.2, 0) is 14.3 Å². The van der Waals surface area contributed by atoms with Crippen LogP contribution in [0.15, 0.2) is 101 Å². The molecule has 2 aliphatic heterocycles. The maximum absolute atomic E-state index is 13.8. The van der Waals surface area contributed by atoms with Crippen LogP contribution in [0.4, 0.5) is 0 Å². The number of dihydropyridines is 1. The Morgan fingerprint density at radius 2 is 1.64 bits per heavy atom. The summed E-state index contributed by atoms with van der Waals surface area (Å²) in [4.78, 5) is 27.3. The van der Waals surface area contributed by atoms with Crippen LogP contribution in [0.3, 0.4) is 0 Å². The molecule has 0 radical (unpaired) electrons. The fraction of sp³-hybridized carbons (Fsp3) is 0.250. The second-order valence-corrected chi connectivity index (χ2v) is 9.84. The summed E-state index contributed by atoms with van der Waals surface area (Å²) in [5.41, 5.74) is 4.46. The average molecular weight is 524 g/mol. The van der Waals surface area contributed by atoms with Gasteiger partial charge in [0.05, 0.1) is 5.57 Å². The summed E-state index contributed by atoms with van der Waals surface area (Å²) in [6.45, 7) is 2.30. The Morgan fingerprint density at radius 1 is 0.897 bits per heavy atom. The number of carbonyl (C=O) groups is 2. The Bertz CT molecular complexity index is 1460. The molecule has 0 amide bonds. The molecular formula is C32H29NO6. The maximum Gasteiger partial charge on any atom is 0.336 e. The van der Waals surface area contributed by atoms with Gasteiger partial charge in [-0.05, 0) is 54.7 Å². The third kappa shape index (κ3) is 5.00. The highest BCUT2D eigenvalue weighted by atomic mass is 16.7. The number of Topliss-reactive ketones (excluding diaryl/α,β-unsaturated/α-hetero) is 1. The number of hydrogen-bond acceptors (Lipinski definition) is 7. The van der Waals surface area contributed by atoms with E-state index in [-0.39, 0.29) is 31.7 Å². The normalized spacial score (nSPS) is 19.9. The van der Waals surface area contributed by atoms with Gasteiger partial charge in [-0.3, -0.25) is 4.79 Å². The highest BCUT2D eigenvalue weighted by Crippen LogP contribution is 2.47. The molecule has 2 heterocycles. The number of carbonyl (C=O) groups excluding carboxylic acids is 2. The van der Waals surface area contributed by atoms with E-state index < -0.39 is 11.9 Å². The number of nitrogens with one attached hydrogen (secondary N) is 1. The number of esters is 1. The van der Waals surface area contributed by atoms with Crippen molar-refractivity contribution in [2.24, 2.45) is 0 Å². The number of allylic oxidation sites excluding steroid dienone is 3. The first-order valence-corrected chi connectivity index (χ1v) is 13.1.